The zero-order valence-corrected chi connectivity index (χ0v) is 15.3. The van der Waals surface area contributed by atoms with Crippen molar-refractivity contribution in [3.05, 3.63) is 46.5 Å². The van der Waals surface area contributed by atoms with Crippen LogP contribution in [0, 0.1) is 6.92 Å². The van der Waals surface area contributed by atoms with Gasteiger partial charge in [-0.25, -0.2) is 4.79 Å². The van der Waals surface area contributed by atoms with E-state index < -0.39 is 18.0 Å². The minimum atomic E-state index is -1.01. The Morgan fingerprint density at radius 1 is 1.30 bits per heavy atom. The molecule has 1 aromatic carbocycles. The summed E-state index contributed by atoms with van der Waals surface area (Å²) in [6.07, 6.45) is -1.04. The third-order valence-corrected chi connectivity index (χ3v) is 4.14. The fourth-order valence-electron chi connectivity index (χ4n) is 2.74. The van der Waals surface area contributed by atoms with Crippen molar-refractivity contribution < 1.29 is 18.8 Å². The van der Waals surface area contributed by atoms with Crippen LogP contribution >= 0.6 is 0 Å². The Kier molecular flexibility index (Phi) is 5.11. The van der Waals surface area contributed by atoms with Crippen LogP contribution in [0.5, 0.6) is 0 Å². The van der Waals surface area contributed by atoms with E-state index in [4.69, 9.17) is 9.26 Å². The molecule has 1 amide bonds. The molecule has 9 heteroatoms. The van der Waals surface area contributed by atoms with Crippen molar-refractivity contribution in [3.8, 4) is 0 Å². The number of amides is 1. The molecule has 1 N–H and O–H groups in total. The van der Waals surface area contributed by atoms with Gasteiger partial charge in [-0.05, 0) is 26.0 Å². The fourth-order valence-corrected chi connectivity index (χ4v) is 2.74. The zero-order valence-electron chi connectivity index (χ0n) is 15.3. The van der Waals surface area contributed by atoms with Crippen LogP contribution in [0.15, 0.2) is 39.6 Å². The molecule has 9 nitrogen and oxygen atoms in total. The molecule has 0 saturated carbocycles. The number of nitrogens with one attached hydrogen (secondary N) is 1. The number of anilines is 1. The number of carbonyl (C=O) groups is 2. The van der Waals surface area contributed by atoms with Gasteiger partial charge in [0.05, 0.1) is 23.1 Å². The summed E-state index contributed by atoms with van der Waals surface area (Å²) >= 11 is 0. The third-order valence-electron chi connectivity index (χ3n) is 4.14. The highest BCUT2D eigenvalue weighted by Gasteiger charge is 2.20. The Balaban J connectivity index is 1.59. The standard InChI is InChI=1S/C18H20N4O5/c1-11-10-15(27-20-11)19-17(24)12(2)26-16(23)8-9-22-14-7-5-4-6-13(14)21(3)18(22)25/h4-7,10,12H,8-9H2,1-3H3,(H,19,24)/t12-/m0/s1. The van der Waals surface area contributed by atoms with Gasteiger partial charge in [0.2, 0.25) is 5.88 Å². The molecule has 0 fully saturated rings. The van der Waals surface area contributed by atoms with Gasteiger partial charge in [0.25, 0.3) is 5.91 Å². The predicted octanol–water partition coefficient (Wildman–Crippen LogP) is 1.60. The van der Waals surface area contributed by atoms with Crippen molar-refractivity contribution in [1.82, 2.24) is 14.3 Å². The SMILES string of the molecule is Cc1cc(NC(=O)[C@H](C)OC(=O)CCn2c(=O)n(C)c3ccccc32)on1. The molecule has 3 rings (SSSR count). The normalized spacial score (nSPS) is 12.1. The van der Waals surface area contributed by atoms with Crippen LogP contribution in [-0.4, -0.2) is 32.3 Å². The predicted molar refractivity (Wildman–Crippen MR) is 97.2 cm³/mol. The second kappa shape index (κ2) is 7.48. The highest BCUT2D eigenvalue weighted by molar-refractivity contribution is 5.94. The number of benzene rings is 1. The van der Waals surface area contributed by atoms with Crippen LogP contribution in [0.4, 0.5) is 5.88 Å². The first-order chi connectivity index (χ1) is 12.9. The van der Waals surface area contributed by atoms with E-state index in [1.807, 2.05) is 24.3 Å². The van der Waals surface area contributed by atoms with Gasteiger partial charge >= 0.3 is 11.7 Å². The molecule has 0 unspecified atom stereocenters. The van der Waals surface area contributed by atoms with Crippen LogP contribution in [0.1, 0.15) is 19.0 Å². The number of esters is 1. The number of rotatable bonds is 6. The van der Waals surface area contributed by atoms with Crippen LogP contribution in [0.2, 0.25) is 0 Å². The van der Waals surface area contributed by atoms with E-state index in [2.05, 4.69) is 10.5 Å². The summed E-state index contributed by atoms with van der Waals surface area (Å²) < 4.78 is 13.1. The summed E-state index contributed by atoms with van der Waals surface area (Å²) in [6, 6.07) is 8.88. The first kappa shape index (κ1) is 18.4. The van der Waals surface area contributed by atoms with E-state index in [-0.39, 0.29) is 24.5 Å². The number of imidazole rings is 1. The van der Waals surface area contributed by atoms with Crippen molar-refractivity contribution >= 4 is 28.8 Å². The Hall–Kier alpha value is -3.36. The second-order valence-electron chi connectivity index (χ2n) is 6.19. The highest BCUT2D eigenvalue weighted by atomic mass is 16.5. The topological polar surface area (TPSA) is 108 Å². The molecule has 0 radical (unpaired) electrons. The van der Waals surface area contributed by atoms with E-state index in [9.17, 15) is 14.4 Å². The highest BCUT2D eigenvalue weighted by Crippen LogP contribution is 2.13. The molecule has 2 aromatic heterocycles. The number of hydrogen-bond donors (Lipinski definition) is 1. The molecule has 0 aliphatic rings. The van der Waals surface area contributed by atoms with Crippen LogP contribution < -0.4 is 11.0 Å². The Morgan fingerprint density at radius 2 is 2.00 bits per heavy atom. The van der Waals surface area contributed by atoms with Gasteiger partial charge in [-0.15, -0.1) is 0 Å². The number of fused-ring (bicyclic) bond motifs is 1. The number of hydrogen-bond acceptors (Lipinski definition) is 6. The summed E-state index contributed by atoms with van der Waals surface area (Å²) in [5.41, 5.74) is 1.93. The Bertz CT molecular complexity index is 1050. The number of carbonyl (C=O) groups excluding carboxylic acids is 2. The molecule has 0 aliphatic carbocycles. The van der Waals surface area contributed by atoms with Gasteiger partial charge < -0.3 is 9.26 Å². The van der Waals surface area contributed by atoms with Gasteiger partial charge in [-0.3, -0.25) is 24.0 Å². The van der Waals surface area contributed by atoms with Crippen LogP contribution in [0.3, 0.4) is 0 Å². The number of aromatic nitrogens is 3. The molecule has 0 saturated heterocycles. The van der Waals surface area contributed by atoms with Gasteiger partial charge in [-0.2, -0.15) is 0 Å². The quantitative estimate of drug-likeness (QED) is 0.659. The summed E-state index contributed by atoms with van der Waals surface area (Å²) in [7, 11) is 1.68. The molecule has 1 atom stereocenters. The minimum absolute atomic E-state index is 0.0348. The first-order valence-electron chi connectivity index (χ1n) is 8.44. The fraction of sp³-hybridized carbons (Fsp3) is 0.333. The minimum Gasteiger partial charge on any atom is -0.452 e. The van der Waals surface area contributed by atoms with Crippen molar-refractivity contribution in [3.63, 3.8) is 0 Å². The van der Waals surface area contributed by atoms with E-state index in [0.717, 1.165) is 11.0 Å². The lowest BCUT2D eigenvalue weighted by atomic mass is 10.3. The van der Waals surface area contributed by atoms with Gasteiger partial charge in [0.1, 0.15) is 0 Å². The van der Waals surface area contributed by atoms with E-state index in [0.29, 0.717) is 5.69 Å². The Morgan fingerprint density at radius 3 is 2.67 bits per heavy atom. The molecule has 0 bridgehead atoms. The first-order valence-corrected chi connectivity index (χ1v) is 8.44. The molecule has 27 heavy (non-hydrogen) atoms. The lowest BCUT2D eigenvalue weighted by Gasteiger charge is -2.12. The zero-order chi connectivity index (χ0) is 19.6. The van der Waals surface area contributed by atoms with E-state index >= 15 is 0 Å². The largest absolute Gasteiger partial charge is 0.452 e. The third kappa shape index (κ3) is 3.91. The smallest absolute Gasteiger partial charge is 0.328 e. The maximum absolute atomic E-state index is 12.3. The molecule has 0 aliphatic heterocycles. The molecular weight excluding hydrogens is 352 g/mol. The number of ether oxygens (including phenoxy) is 1. The van der Waals surface area contributed by atoms with Crippen molar-refractivity contribution in [2.24, 2.45) is 7.05 Å². The monoisotopic (exact) mass is 372 g/mol. The van der Waals surface area contributed by atoms with Gasteiger partial charge in [0.15, 0.2) is 6.10 Å². The lowest BCUT2D eigenvalue weighted by molar-refractivity contribution is -0.153. The average molecular weight is 372 g/mol. The molecule has 2 heterocycles. The molecule has 3 aromatic rings. The lowest BCUT2D eigenvalue weighted by Crippen LogP contribution is -2.30. The van der Waals surface area contributed by atoms with Crippen LogP contribution in [0.25, 0.3) is 11.0 Å². The van der Waals surface area contributed by atoms with Crippen molar-refractivity contribution in [2.75, 3.05) is 5.32 Å². The van der Waals surface area contributed by atoms with E-state index in [1.54, 1.807) is 20.0 Å². The summed E-state index contributed by atoms with van der Waals surface area (Å²) in [6.45, 7) is 3.34. The van der Waals surface area contributed by atoms with Gasteiger partial charge in [-0.1, -0.05) is 17.3 Å². The molecule has 0 spiro atoms. The number of aryl methyl sites for hydroxylation is 3. The molecular formula is C18H20N4O5. The number of nitrogens with zero attached hydrogens (tertiary/aromatic N) is 3. The number of para-hydroxylation sites is 2. The maximum atomic E-state index is 12.3. The summed E-state index contributed by atoms with van der Waals surface area (Å²) in [4.78, 5) is 36.4. The van der Waals surface area contributed by atoms with Crippen LogP contribution in [-0.2, 0) is 27.9 Å². The van der Waals surface area contributed by atoms with Gasteiger partial charge in [0, 0.05) is 19.7 Å². The average Bonchev–Trinajstić information content (AvgIpc) is 3.15. The maximum Gasteiger partial charge on any atom is 0.328 e. The molecule has 142 valence electrons. The Labute approximate surface area is 154 Å². The van der Waals surface area contributed by atoms with Crippen molar-refractivity contribution in [1.29, 1.82) is 0 Å². The summed E-state index contributed by atoms with van der Waals surface area (Å²) in [5, 5.41) is 6.13. The second-order valence-corrected chi connectivity index (χ2v) is 6.19. The van der Waals surface area contributed by atoms with Crippen molar-refractivity contribution in [2.45, 2.75) is 32.9 Å². The van der Waals surface area contributed by atoms with E-state index in [1.165, 1.54) is 16.1 Å². The summed E-state index contributed by atoms with van der Waals surface area (Å²) in [5.74, 6) is -0.921.